The first-order chi connectivity index (χ1) is 10.4. The molecule has 0 aliphatic carbocycles. The van der Waals surface area contributed by atoms with Crippen LogP contribution in [0, 0.1) is 0 Å². The largest absolute Gasteiger partial charge is 0.392 e. The Bertz CT molecular complexity index is 770. The van der Waals surface area contributed by atoms with Gasteiger partial charge in [-0.1, -0.05) is 12.1 Å². The predicted molar refractivity (Wildman–Crippen MR) is 83.9 cm³/mol. The minimum absolute atomic E-state index is 0.0796. The summed E-state index contributed by atoms with van der Waals surface area (Å²) in [6.07, 6.45) is 0. The molecule has 116 valence electrons. The Hall–Kier alpha value is -2.38. The molecule has 0 saturated carbocycles. The zero-order valence-electron chi connectivity index (χ0n) is 11.9. The van der Waals surface area contributed by atoms with Crippen molar-refractivity contribution in [3.8, 4) is 0 Å². The minimum Gasteiger partial charge on any atom is -0.392 e. The van der Waals surface area contributed by atoms with E-state index in [0.717, 1.165) is 0 Å². The second kappa shape index (κ2) is 6.59. The molecule has 2 aromatic rings. The van der Waals surface area contributed by atoms with Gasteiger partial charge in [-0.2, -0.15) is 0 Å². The molecule has 0 bridgehead atoms. The highest BCUT2D eigenvalue weighted by Crippen LogP contribution is 2.19. The van der Waals surface area contributed by atoms with E-state index in [4.69, 9.17) is 5.11 Å². The molecule has 0 saturated heterocycles. The molecule has 2 rings (SSSR count). The van der Waals surface area contributed by atoms with Gasteiger partial charge in [0, 0.05) is 18.3 Å². The molecule has 0 unspecified atom stereocenters. The van der Waals surface area contributed by atoms with Gasteiger partial charge < -0.3 is 10.4 Å². The Labute approximate surface area is 128 Å². The molecule has 0 aliphatic rings. The Kier molecular flexibility index (Phi) is 4.79. The normalized spacial score (nSPS) is 11.0. The van der Waals surface area contributed by atoms with E-state index in [0.29, 0.717) is 16.9 Å². The van der Waals surface area contributed by atoms with E-state index in [2.05, 4.69) is 10.0 Å². The molecule has 0 spiro atoms. The van der Waals surface area contributed by atoms with Gasteiger partial charge in [-0.25, -0.2) is 8.42 Å². The summed E-state index contributed by atoms with van der Waals surface area (Å²) < 4.78 is 27.0. The maximum Gasteiger partial charge on any atom is 0.261 e. The van der Waals surface area contributed by atoms with E-state index in [1.165, 1.54) is 31.2 Å². The number of aliphatic hydroxyl groups is 1. The summed E-state index contributed by atoms with van der Waals surface area (Å²) in [5.41, 5.74) is 1.51. The lowest BCUT2D eigenvalue weighted by molar-refractivity contribution is -0.114. The van der Waals surface area contributed by atoms with Crippen LogP contribution >= 0.6 is 0 Å². The Balaban J connectivity index is 2.20. The summed E-state index contributed by atoms with van der Waals surface area (Å²) in [4.78, 5) is 11.0. The minimum atomic E-state index is -3.73. The van der Waals surface area contributed by atoms with E-state index in [-0.39, 0.29) is 17.4 Å². The van der Waals surface area contributed by atoms with Crippen molar-refractivity contribution >= 4 is 27.3 Å². The fourth-order valence-electron chi connectivity index (χ4n) is 1.87. The highest BCUT2D eigenvalue weighted by atomic mass is 32.2. The van der Waals surface area contributed by atoms with Crippen molar-refractivity contribution in [3.63, 3.8) is 0 Å². The van der Waals surface area contributed by atoms with Crippen LogP contribution in [0.4, 0.5) is 11.4 Å². The maximum atomic E-state index is 12.3. The van der Waals surface area contributed by atoms with Crippen molar-refractivity contribution in [2.75, 3.05) is 10.0 Å². The van der Waals surface area contributed by atoms with Crippen LogP contribution in [0.1, 0.15) is 12.5 Å². The molecule has 0 heterocycles. The van der Waals surface area contributed by atoms with Crippen LogP contribution in [0.2, 0.25) is 0 Å². The summed E-state index contributed by atoms with van der Waals surface area (Å²) in [7, 11) is -3.73. The number of amides is 1. The molecular weight excluding hydrogens is 304 g/mol. The maximum absolute atomic E-state index is 12.3. The summed E-state index contributed by atoms with van der Waals surface area (Å²) in [5.74, 6) is -0.227. The van der Waals surface area contributed by atoms with Crippen LogP contribution in [-0.2, 0) is 21.4 Å². The Morgan fingerprint density at radius 2 is 1.77 bits per heavy atom. The molecule has 0 aromatic heterocycles. The molecule has 0 aliphatic heterocycles. The van der Waals surface area contributed by atoms with Gasteiger partial charge in [0.05, 0.1) is 11.5 Å². The van der Waals surface area contributed by atoms with Crippen LogP contribution in [0.5, 0.6) is 0 Å². The molecule has 1 amide bonds. The molecular formula is C15H16N2O4S. The monoisotopic (exact) mass is 320 g/mol. The lowest BCUT2D eigenvalue weighted by Crippen LogP contribution is -2.13. The number of benzene rings is 2. The molecule has 2 aromatic carbocycles. The first-order valence-corrected chi connectivity index (χ1v) is 7.99. The standard InChI is InChI=1S/C15H16N2O4S/c1-11(19)16-13-5-7-15(8-6-13)22(20,21)17-14-4-2-3-12(9-14)10-18/h2-9,17-18H,10H2,1H3,(H,16,19). The van der Waals surface area contributed by atoms with Gasteiger partial charge >= 0.3 is 0 Å². The zero-order chi connectivity index (χ0) is 16.2. The lowest BCUT2D eigenvalue weighted by Gasteiger charge is -2.10. The summed E-state index contributed by atoms with van der Waals surface area (Å²) in [6, 6.07) is 12.3. The molecule has 0 radical (unpaired) electrons. The van der Waals surface area contributed by atoms with E-state index >= 15 is 0 Å². The fourth-order valence-corrected chi connectivity index (χ4v) is 2.92. The molecule has 3 N–H and O–H groups in total. The number of carbonyl (C=O) groups excluding carboxylic acids is 1. The smallest absolute Gasteiger partial charge is 0.261 e. The SMILES string of the molecule is CC(=O)Nc1ccc(S(=O)(=O)Nc2cccc(CO)c2)cc1. The third-order valence-corrected chi connectivity index (χ3v) is 4.24. The van der Waals surface area contributed by atoms with Crippen LogP contribution in [-0.4, -0.2) is 19.4 Å². The van der Waals surface area contributed by atoms with E-state index < -0.39 is 10.0 Å². The van der Waals surface area contributed by atoms with E-state index in [1.807, 2.05) is 0 Å². The van der Waals surface area contributed by atoms with Crippen molar-refractivity contribution in [2.45, 2.75) is 18.4 Å². The molecule has 7 heteroatoms. The van der Waals surface area contributed by atoms with Crippen LogP contribution in [0.3, 0.4) is 0 Å². The van der Waals surface area contributed by atoms with E-state index in [1.54, 1.807) is 24.3 Å². The van der Waals surface area contributed by atoms with Gasteiger partial charge in [0.15, 0.2) is 0 Å². The van der Waals surface area contributed by atoms with Gasteiger partial charge in [0.1, 0.15) is 0 Å². The van der Waals surface area contributed by atoms with Crippen molar-refractivity contribution in [2.24, 2.45) is 0 Å². The van der Waals surface area contributed by atoms with E-state index in [9.17, 15) is 13.2 Å². The third kappa shape index (κ3) is 4.06. The number of hydrogen-bond donors (Lipinski definition) is 3. The topological polar surface area (TPSA) is 95.5 Å². The number of rotatable bonds is 5. The van der Waals surface area contributed by atoms with Crippen LogP contribution in [0.25, 0.3) is 0 Å². The van der Waals surface area contributed by atoms with Crippen LogP contribution in [0.15, 0.2) is 53.4 Å². The Morgan fingerprint density at radius 1 is 1.09 bits per heavy atom. The third-order valence-electron chi connectivity index (χ3n) is 2.85. The molecule has 22 heavy (non-hydrogen) atoms. The van der Waals surface area contributed by atoms with Crippen molar-refractivity contribution in [1.29, 1.82) is 0 Å². The second-order valence-electron chi connectivity index (χ2n) is 4.67. The summed E-state index contributed by atoms with van der Waals surface area (Å²) in [6.45, 7) is 1.21. The number of nitrogens with one attached hydrogen (secondary N) is 2. The highest BCUT2D eigenvalue weighted by molar-refractivity contribution is 7.92. The number of hydrogen-bond acceptors (Lipinski definition) is 4. The number of carbonyl (C=O) groups is 1. The van der Waals surface area contributed by atoms with Gasteiger partial charge in [0.2, 0.25) is 5.91 Å². The van der Waals surface area contributed by atoms with Gasteiger partial charge in [-0.05, 0) is 42.0 Å². The van der Waals surface area contributed by atoms with Crippen LogP contribution < -0.4 is 10.0 Å². The average molecular weight is 320 g/mol. The quantitative estimate of drug-likeness (QED) is 0.784. The van der Waals surface area contributed by atoms with Crippen molar-refractivity contribution < 1.29 is 18.3 Å². The summed E-state index contributed by atoms with van der Waals surface area (Å²) >= 11 is 0. The number of sulfonamides is 1. The van der Waals surface area contributed by atoms with Gasteiger partial charge in [-0.15, -0.1) is 0 Å². The zero-order valence-corrected chi connectivity index (χ0v) is 12.7. The second-order valence-corrected chi connectivity index (χ2v) is 6.35. The first kappa shape index (κ1) is 16.0. The first-order valence-electron chi connectivity index (χ1n) is 6.51. The average Bonchev–Trinajstić information content (AvgIpc) is 2.47. The fraction of sp³-hybridized carbons (Fsp3) is 0.133. The van der Waals surface area contributed by atoms with Gasteiger partial charge in [0.25, 0.3) is 10.0 Å². The lowest BCUT2D eigenvalue weighted by atomic mass is 10.2. The predicted octanol–water partition coefficient (Wildman–Crippen LogP) is 1.94. The molecule has 6 nitrogen and oxygen atoms in total. The molecule has 0 fully saturated rings. The number of aliphatic hydroxyl groups excluding tert-OH is 1. The van der Waals surface area contributed by atoms with Crippen molar-refractivity contribution in [1.82, 2.24) is 0 Å². The molecule has 0 atom stereocenters. The van der Waals surface area contributed by atoms with Gasteiger partial charge in [-0.3, -0.25) is 9.52 Å². The summed E-state index contributed by atoms with van der Waals surface area (Å²) in [5, 5.41) is 11.6. The van der Waals surface area contributed by atoms with Crippen molar-refractivity contribution in [3.05, 3.63) is 54.1 Å². The highest BCUT2D eigenvalue weighted by Gasteiger charge is 2.14. The Morgan fingerprint density at radius 3 is 2.36 bits per heavy atom. The number of anilines is 2.